The van der Waals surface area contributed by atoms with E-state index < -0.39 is 59.2 Å². The maximum absolute atomic E-state index is 12.5. The predicted molar refractivity (Wildman–Crippen MR) is 104 cm³/mol. The van der Waals surface area contributed by atoms with Gasteiger partial charge in [-0.05, 0) is 0 Å². The summed E-state index contributed by atoms with van der Waals surface area (Å²) in [5.74, 6) is -5.54. The van der Waals surface area contributed by atoms with Gasteiger partial charge in [0, 0.05) is 0 Å². The fourth-order valence-corrected chi connectivity index (χ4v) is 1.48. The largest absolute Gasteiger partial charge is 2.00 e. The number of aromatic amines is 2. The summed E-state index contributed by atoms with van der Waals surface area (Å²) < 4.78 is 26.0. The molecule has 0 atom stereocenters. The molecule has 0 saturated heterocycles. The zero-order valence-corrected chi connectivity index (χ0v) is 17.9. The molecule has 2 aromatic heterocycles. The van der Waals surface area contributed by atoms with Crippen LogP contribution in [0.1, 0.15) is 0 Å². The molecular weight excluding hydrogens is 558 g/mol. The second kappa shape index (κ2) is 25.0. The normalized spacial score (nSPS) is 7.37. The molecule has 0 bridgehead atoms. The molecule has 2 heterocycles. The van der Waals surface area contributed by atoms with Crippen LogP contribution in [0.4, 0.5) is 8.78 Å². The van der Waals surface area contributed by atoms with Gasteiger partial charge in [-0.15, -0.1) is 0 Å². The van der Waals surface area contributed by atoms with E-state index in [9.17, 15) is 47.8 Å². The topological polar surface area (TPSA) is 445 Å². The quantitative estimate of drug-likeness (QED) is 0.256. The number of halogens is 2. The smallest absolute Gasteiger partial charge is 0.548 e. The van der Waals surface area contributed by atoms with E-state index in [1.807, 2.05) is 0 Å². The van der Waals surface area contributed by atoms with Crippen LogP contribution in [0, 0.1) is 11.6 Å². The molecule has 0 amide bonds. The summed E-state index contributed by atoms with van der Waals surface area (Å²) >= 11 is 0. The van der Waals surface area contributed by atoms with Gasteiger partial charge in [-0.1, -0.05) is 0 Å². The van der Waals surface area contributed by atoms with E-state index >= 15 is 0 Å². The number of nitrogens with zero attached hydrogens (tertiary/aromatic N) is 2. The average molecular weight is 584 g/mol. The van der Waals surface area contributed by atoms with Crippen LogP contribution in [0.3, 0.4) is 0 Å². The molecule has 213 valence electrons. The van der Waals surface area contributed by atoms with E-state index in [1.165, 1.54) is 0 Å². The van der Waals surface area contributed by atoms with Crippen molar-refractivity contribution in [1.82, 2.24) is 19.1 Å². The van der Waals surface area contributed by atoms with Crippen molar-refractivity contribution >= 4 is 11.9 Å². The SMILES string of the molecule is O.O.O.O.O.O.O=C([O-])Cn1cc(F)c(=O)[nH]c1=O.O=C([O-])Cn1cc(F)c(=O)[nH]c1=O.[Cu+2].[OH3+].[OH3+]. The number of carbonyl (C=O) groups excluding carboxylic acids is 2. The summed E-state index contributed by atoms with van der Waals surface area (Å²) in [5.41, 5.74) is -4.34. The maximum atomic E-state index is 12.5. The molecule has 2 aromatic rings. The van der Waals surface area contributed by atoms with Crippen LogP contribution in [-0.4, -0.2) is 63.9 Å². The van der Waals surface area contributed by atoms with Crippen molar-refractivity contribution in [3.63, 3.8) is 0 Å². The van der Waals surface area contributed by atoms with Gasteiger partial charge in [0.05, 0.1) is 37.4 Å². The Bertz CT molecular complexity index is 996. The Morgan fingerprint density at radius 3 is 1.11 bits per heavy atom. The first-order valence-electron chi connectivity index (χ1n) is 6.39. The molecule has 1 radical (unpaired) electrons. The second-order valence-corrected chi connectivity index (χ2v) is 4.47. The van der Waals surface area contributed by atoms with Crippen LogP contribution in [0.2, 0.25) is 0 Å². The Hall–Kier alpha value is -3.64. The van der Waals surface area contributed by atoms with Gasteiger partial charge in [0.25, 0.3) is 11.1 Å². The van der Waals surface area contributed by atoms with Crippen molar-refractivity contribution in [2.75, 3.05) is 0 Å². The number of H-pyrrole nitrogens is 2. The first-order chi connectivity index (χ1) is 12.0. The van der Waals surface area contributed by atoms with E-state index in [1.54, 1.807) is 9.97 Å². The van der Waals surface area contributed by atoms with Crippen LogP contribution >= 0.6 is 0 Å². The van der Waals surface area contributed by atoms with Crippen LogP contribution in [0.25, 0.3) is 0 Å². The Labute approximate surface area is 200 Å². The Kier molecular flexibility index (Phi) is 41.3. The Morgan fingerprint density at radius 2 is 0.914 bits per heavy atom. The molecule has 20 N–H and O–H groups in total. The summed E-state index contributed by atoms with van der Waals surface area (Å²) in [6.45, 7) is -1.60. The van der Waals surface area contributed by atoms with Gasteiger partial charge in [0.2, 0.25) is 11.6 Å². The Morgan fingerprint density at radius 1 is 0.686 bits per heavy atom. The van der Waals surface area contributed by atoms with Crippen LogP contribution < -0.4 is 32.7 Å². The monoisotopic (exact) mass is 583 g/mol. The van der Waals surface area contributed by atoms with E-state index in [2.05, 4.69) is 0 Å². The van der Waals surface area contributed by atoms with Crippen molar-refractivity contribution in [3.05, 3.63) is 65.7 Å². The third kappa shape index (κ3) is 18.5. The van der Waals surface area contributed by atoms with Crippen molar-refractivity contribution in [3.8, 4) is 0 Å². The van der Waals surface area contributed by atoms with Gasteiger partial charge in [0.1, 0.15) is 0 Å². The van der Waals surface area contributed by atoms with Crippen LogP contribution in [0.5, 0.6) is 0 Å². The average Bonchev–Trinajstić information content (AvgIpc) is 2.50. The van der Waals surface area contributed by atoms with E-state index in [4.69, 9.17) is 0 Å². The molecule has 35 heavy (non-hydrogen) atoms. The third-order valence-corrected chi connectivity index (χ3v) is 2.53. The Balaban J connectivity index is -0.0000000439. The van der Waals surface area contributed by atoms with Gasteiger partial charge in [0.15, 0.2) is 0 Å². The molecule has 0 saturated carbocycles. The molecule has 0 spiro atoms. The predicted octanol–water partition coefficient (Wildman–Crippen LogP) is -11.9. The van der Waals surface area contributed by atoms with Crippen molar-refractivity contribution in [2.45, 2.75) is 13.1 Å². The molecule has 0 aliphatic carbocycles. The molecule has 20 nitrogen and oxygen atoms in total. The van der Waals surface area contributed by atoms with E-state index in [-0.39, 0.29) is 60.9 Å². The molecule has 0 fully saturated rings. The summed E-state index contributed by atoms with van der Waals surface area (Å²) in [7, 11) is 0. The standard InChI is InChI=1S/2C6H5FN2O4.Cu.8H2O/c2*7-3-1-9(2-4(10)11)6(13)8-5(3)12;;;;;;;;;/h2*1H,2H2,(H,10,11)(H,8,12,13);;8*1H2/q;;+2;;;;;;;;. The zero-order valence-electron chi connectivity index (χ0n) is 16.9. The minimum Gasteiger partial charge on any atom is -0.548 e. The molecule has 23 heteroatoms. The molecule has 2 rings (SSSR count). The van der Waals surface area contributed by atoms with Crippen LogP contribution in [-0.2, 0) is 50.7 Å². The number of rotatable bonds is 4. The molecular formula is C12H26CuF2N4O16+2. The fraction of sp³-hybridized carbons (Fsp3) is 0.167. The zero-order chi connectivity index (χ0) is 20.0. The van der Waals surface area contributed by atoms with E-state index in [0.29, 0.717) is 21.5 Å². The number of carboxylic acid groups (broad SMARTS) is 2. The number of hydrogen-bond acceptors (Lipinski definition) is 8. The minimum absolute atomic E-state index is 0. The van der Waals surface area contributed by atoms with Crippen molar-refractivity contribution < 1.29 is 89.5 Å². The van der Waals surface area contributed by atoms with Gasteiger partial charge in [-0.2, -0.15) is 8.78 Å². The number of aliphatic carboxylic acids is 2. The van der Waals surface area contributed by atoms with Gasteiger partial charge >= 0.3 is 28.4 Å². The number of nitrogens with one attached hydrogen (secondary N) is 2. The van der Waals surface area contributed by atoms with Crippen LogP contribution in [0.15, 0.2) is 31.6 Å². The van der Waals surface area contributed by atoms with Gasteiger partial charge in [-0.3, -0.25) is 28.7 Å². The number of aromatic nitrogens is 4. The summed E-state index contributed by atoms with van der Waals surface area (Å²) in [4.78, 5) is 65.8. The first-order valence-corrected chi connectivity index (χ1v) is 6.39. The first kappa shape index (κ1) is 57.8. The van der Waals surface area contributed by atoms with Crippen molar-refractivity contribution in [1.29, 1.82) is 0 Å². The third-order valence-electron chi connectivity index (χ3n) is 2.53. The fourth-order valence-electron chi connectivity index (χ4n) is 1.48. The second-order valence-electron chi connectivity index (χ2n) is 4.47. The van der Waals surface area contributed by atoms with Crippen molar-refractivity contribution in [2.24, 2.45) is 0 Å². The summed E-state index contributed by atoms with van der Waals surface area (Å²) in [6, 6.07) is 0. The molecule has 0 aliphatic rings. The van der Waals surface area contributed by atoms with E-state index in [0.717, 1.165) is 0 Å². The summed E-state index contributed by atoms with van der Waals surface area (Å²) in [5, 5.41) is 20.1. The molecule has 0 unspecified atom stereocenters. The molecule has 0 aromatic carbocycles. The van der Waals surface area contributed by atoms with Gasteiger partial charge in [-0.25, -0.2) is 9.59 Å². The molecule has 0 aliphatic heterocycles. The summed E-state index contributed by atoms with van der Waals surface area (Å²) in [6.07, 6.45) is 1.02. The minimum atomic E-state index is -1.55. The number of hydrogen-bond donors (Lipinski definition) is 2. The number of carbonyl (C=O) groups is 2. The van der Waals surface area contributed by atoms with Gasteiger partial charge < -0.3 is 63.6 Å². The maximum Gasteiger partial charge on any atom is 2.00 e. The number of carboxylic acids is 2.